The van der Waals surface area contributed by atoms with E-state index in [1.54, 1.807) is 11.3 Å². The van der Waals surface area contributed by atoms with Gasteiger partial charge >= 0.3 is 0 Å². The van der Waals surface area contributed by atoms with E-state index in [2.05, 4.69) is 28.1 Å². The Hall–Kier alpha value is 0.140. The molecule has 1 fully saturated rings. The predicted molar refractivity (Wildman–Crippen MR) is 65.5 cm³/mol. The number of rotatable bonds is 3. The first-order valence-electron chi connectivity index (χ1n) is 5.26. The van der Waals surface area contributed by atoms with Gasteiger partial charge in [-0.1, -0.05) is 25.7 Å². The molecule has 2 N–H and O–H groups in total. The molecule has 2 rings (SSSR count). The Morgan fingerprint density at radius 1 is 1.43 bits per heavy atom. The van der Waals surface area contributed by atoms with Gasteiger partial charge in [-0.15, -0.1) is 11.3 Å². The van der Waals surface area contributed by atoms with Gasteiger partial charge in [0.25, 0.3) is 0 Å². The van der Waals surface area contributed by atoms with Gasteiger partial charge in [-0.05, 0) is 40.4 Å². The number of halogens is 1. The standard InChI is InChI=1S/C11H16BrNS/c12-11-6-5-10(14-11)9(13)7-8-3-1-2-4-8/h5-6,8-9H,1-4,7,13H2. The molecule has 0 amide bonds. The first-order chi connectivity index (χ1) is 6.75. The third kappa shape index (κ3) is 2.59. The Morgan fingerprint density at radius 2 is 2.14 bits per heavy atom. The van der Waals surface area contributed by atoms with E-state index in [0.29, 0.717) is 0 Å². The second kappa shape index (κ2) is 4.77. The van der Waals surface area contributed by atoms with E-state index in [9.17, 15) is 0 Å². The zero-order valence-electron chi connectivity index (χ0n) is 8.21. The van der Waals surface area contributed by atoms with E-state index in [1.807, 2.05) is 0 Å². The molecule has 1 nitrogen and oxygen atoms in total. The Morgan fingerprint density at radius 3 is 2.71 bits per heavy atom. The van der Waals surface area contributed by atoms with E-state index < -0.39 is 0 Å². The van der Waals surface area contributed by atoms with Gasteiger partial charge in [0.2, 0.25) is 0 Å². The van der Waals surface area contributed by atoms with Crippen LogP contribution in [0.3, 0.4) is 0 Å². The van der Waals surface area contributed by atoms with Crippen LogP contribution in [0.5, 0.6) is 0 Å². The van der Waals surface area contributed by atoms with Gasteiger partial charge in [0.05, 0.1) is 3.79 Å². The van der Waals surface area contributed by atoms with Crippen molar-refractivity contribution in [3.05, 3.63) is 20.8 Å². The fourth-order valence-corrected chi connectivity index (χ4v) is 3.69. The van der Waals surface area contributed by atoms with Crippen molar-refractivity contribution in [2.45, 2.75) is 38.1 Å². The molecule has 0 aliphatic heterocycles. The molecule has 14 heavy (non-hydrogen) atoms. The molecule has 1 saturated carbocycles. The van der Waals surface area contributed by atoms with Crippen molar-refractivity contribution >= 4 is 27.3 Å². The summed E-state index contributed by atoms with van der Waals surface area (Å²) in [6.07, 6.45) is 6.77. The minimum Gasteiger partial charge on any atom is -0.323 e. The third-order valence-electron chi connectivity index (χ3n) is 3.02. The number of hydrogen-bond donors (Lipinski definition) is 1. The minimum atomic E-state index is 0.259. The molecule has 0 spiro atoms. The molecule has 78 valence electrons. The molecule has 1 heterocycles. The van der Waals surface area contributed by atoms with Crippen molar-refractivity contribution in [3.63, 3.8) is 0 Å². The van der Waals surface area contributed by atoms with Crippen LogP contribution in [0.4, 0.5) is 0 Å². The highest BCUT2D eigenvalue weighted by molar-refractivity contribution is 9.11. The number of thiophene rings is 1. The summed E-state index contributed by atoms with van der Waals surface area (Å²) in [5.41, 5.74) is 6.18. The van der Waals surface area contributed by atoms with Crippen LogP contribution in [0.25, 0.3) is 0 Å². The van der Waals surface area contributed by atoms with Gasteiger partial charge in [0.1, 0.15) is 0 Å². The second-order valence-corrected chi connectivity index (χ2v) is 6.63. The first kappa shape index (κ1) is 10.7. The molecule has 1 aromatic rings. The van der Waals surface area contributed by atoms with Gasteiger partial charge in [0.15, 0.2) is 0 Å². The maximum Gasteiger partial charge on any atom is 0.0701 e. The molecule has 1 aromatic heterocycles. The summed E-state index contributed by atoms with van der Waals surface area (Å²) in [5, 5.41) is 0. The average Bonchev–Trinajstić information content (AvgIpc) is 2.75. The quantitative estimate of drug-likeness (QED) is 0.882. The Bertz CT molecular complexity index is 291. The summed E-state index contributed by atoms with van der Waals surface area (Å²) >= 11 is 5.25. The van der Waals surface area contributed by atoms with Crippen LogP contribution in [-0.2, 0) is 0 Å². The second-order valence-electron chi connectivity index (χ2n) is 4.13. The molecule has 1 aliphatic rings. The zero-order valence-corrected chi connectivity index (χ0v) is 10.6. The summed E-state index contributed by atoms with van der Waals surface area (Å²) in [6, 6.07) is 4.50. The van der Waals surface area contributed by atoms with Gasteiger partial charge in [-0.3, -0.25) is 0 Å². The van der Waals surface area contributed by atoms with E-state index in [4.69, 9.17) is 5.73 Å². The molecule has 0 bridgehead atoms. The van der Waals surface area contributed by atoms with Crippen molar-refractivity contribution in [2.75, 3.05) is 0 Å². The lowest BCUT2D eigenvalue weighted by molar-refractivity contribution is 0.454. The van der Waals surface area contributed by atoms with Crippen LogP contribution in [-0.4, -0.2) is 0 Å². The normalized spacial score (nSPS) is 20.1. The smallest absolute Gasteiger partial charge is 0.0701 e. The molecule has 1 atom stereocenters. The SMILES string of the molecule is NC(CC1CCCC1)c1ccc(Br)s1. The van der Waals surface area contributed by atoms with Crippen molar-refractivity contribution in [3.8, 4) is 0 Å². The van der Waals surface area contributed by atoms with Crippen molar-refractivity contribution < 1.29 is 0 Å². The highest BCUT2D eigenvalue weighted by atomic mass is 79.9. The zero-order chi connectivity index (χ0) is 9.97. The monoisotopic (exact) mass is 273 g/mol. The molecule has 1 aliphatic carbocycles. The van der Waals surface area contributed by atoms with Gasteiger partial charge in [0, 0.05) is 10.9 Å². The largest absolute Gasteiger partial charge is 0.323 e. The van der Waals surface area contributed by atoms with Crippen molar-refractivity contribution in [2.24, 2.45) is 11.7 Å². The summed E-state index contributed by atoms with van der Waals surface area (Å²) in [6.45, 7) is 0. The molecule has 3 heteroatoms. The molecular weight excluding hydrogens is 258 g/mol. The van der Waals surface area contributed by atoms with Gasteiger partial charge < -0.3 is 5.73 Å². The van der Waals surface area contributed by atoms with Crippen LogP contribution in [0.2, 0.25) is 0 Å². The van der Waals surface area contributed by atoms with Gasteiger partial charge in [-0.25, -0.2) is 0 Å². The maximum absolute atomic E-state index is 6.18. The average molecular weight is 274 g/mol. The van der Waals surface area contributed by atoms with E-state index in [0.717, 1.165) is 5.92 Å². The minimum absolute atomic E-state index is 0.259. The summed E-state index contributed by atoms with van der Waals surface area (Å²) in [4.78, 5) is 1.32. The Kier molecular flexibility index (Phi) is 3.63. The lowest BCUT2D eigenvalue weighted by Crippen LogP contribution is -2.12. The van der Waals surface area contributed by atoms with E-state index in [-0.39, 0.29) is 6.04 Å². The fourth-order valence-electron chi connectivity index (χ4n) is 2.25. The Labute approximate surface area is 97.8 Å². The summed E-state index contributed by atoms with van der Waals surface area (Å²) in [5.74, 6) is 0.880. The first-order valence-corrected chi connectivity index (χ1v) is 6.87. The molecule has 0 radical (unpaired) electrons. The highest BCUT2D eigenvalue weighted by Crippen LogP contribution is 2.34. The lowest BCUT2D eigenvalue weighted by atomic mass is 9.98. The van der Waals surface area contributed by atoms with E-state index >= 15 is 0 Å². The predicted octanol–water partition coefficient (Wildman–Crippen LogP) is 4.09. The van der Waals surface area contributed by atoms with Gasteiger partial charge in [-0.2, -0.15) is 0 Å². The number of nitrogens with two attached hydrogens (primary N) is 1. The van der Waals surface area contributed by atoms with Crippen LogP contribution >= 0.6 is 27.3 Å². The molecule has 0 saturated heterocycles. The van der Waals surface area contributed by atoms with Crippen molar-refractivity contribution in [1.82, 2.24) is 0 Å². The number of hydrogen-bond acceptors (Lipinski definition) is 2. The van der Waals surface area contributed by atoms with Crippen LogP contribution in [0.15, 0.2) is 15.9 Å². The third-order valence-corrected chi connectivity index (χ3v) is 4.78. The molecule has 0 aromatic carbocycles. The fraction of sp³-hybridized carbons (Fsp3) is 0.636. The summed E-state index contributed by atoms with van der Waals surface area (Å²) < 4.78 is 1.19. The maximum atomic E-state index is 6.18. The molecular formula is C11H16BrNS. The van der Waals surface area contributed by atoms with Crippen LogP contribution < -0.4 is 5.73 Å². The molecule has 1 unspecified atom stereocenters. The topological polar surface area (TPSA) is 26.0 Å². The Balaban J connectivity index is 1.91. The highest BCUT2D eigenvalue weighted by Gasteiger charge is 2.19. The van der Waals surface area contributed by atoms with E-state index in [1.165, 1.54) is 40.8 Å². The van der Waals surface area contributed by atoms with Crippen molar-refractivity contribution in [1.29, 1.82) is 0 Å². The summed E-state index contributed by atoms with van der Waals surface area (Å²) in [7, 11) is 0. The lowest BCUT2D eigenvalue weighted by Gasteiger charge is -2.14. The van der Waals surface area contributed by atoms with Crippen LogP contribution in [0.1, 0.15) is 43.0 Å². The van der Waals surface area contributed by atoms with Crippen LogP contribution in [0, 0.1) is 5.92 Å².